The first kappa shape index (κ1) is 20.9. The van der Waals surface area contributed by atoms with Crippen molar-refractivity contribution in [3.8, 4) is 0 Å². The van der Waals surface area contributed by atoms with Crippen molar-refractivity contribution in [1.29, 1.82) is 0 Å². The van der Waals surface area contributed by atoms with E-state index < -0.39 is 13.2 Å². The molecule has 1 atom stereocenters. The van der Waals surface area contributed by atoms with Gasteiger partial charge in [-0.3, -0.25) is 0 Å². The normalized spacial score (nSPS) is 12.7. The van der Waals surface area contributed by atoms with Crippen molar-refractivity contribution in [2.75, 3.05) is 6.16 Å². The molecule has 130 valence electrons. The molecule has 2 aromatic rings. The minimum Gasteiger partial charge on any atom is -1.00 e. The van der Waals surface area contributed by atoms with E-state index in [9.17, 15) is 9.67 Å². The van der Waals surface area contributed by atoms with Crippen LogP contribution in [0.3, 0.4) is 0 Å². The van der Waals surface area contributed by atoms with Gasteiger partial charge in [0, 0.05) is 16.8 Å². The molecule has 0 amide bonds. The molecule has 0 aromatic heterocycles. The second-order valence-corrected chi connectivity index (χ2v) is 9.35. The van der Waals surface area contributed by atoms with Gasteiger partial charge in [-0.05, 0) is 5.41 Å². The summed E-state index contributed by atoms with van der Waals surface area (Å²) in [5.41, 5.74) is -0.292. The molecule has 0 radical (unpaired) electrons. The molecule has 0 aliphatic rings. The first-order valence-corrected chi connectivity index (χ1v) is 9.11. The number of rotatable bonds is 4. The Labute approximate surface area is 139 Å². The second kappa shape index (κ2) is 7.97. The third-order valence-electron chi connectivity index (χ3n) is 3.78. The van der Waals surface area contributed by atoms with Crippen LogP contribution in [-0.4, -0.2) is 17.4 Å². The summed E-state index contributed by atoms with van der Waals surface area (Å²) < 4.78 is 13.7. The molecule has 0 saturated heterocycles. The Morgan fingerprint density at radius 3 is 1.57 bits per heavy atom. The van der Waals surface area contributed by atoms with Gasteiger partial charge in [-0.25, -0.2) is 0 Å². The van der Waals surface area contributed by atoms with Crippen molar-refractivity contribution in [1.82, 2.24) is 0 Å². The van der Waals surface area contributed by atoms with Gasteiger partial charge < -0.3 is 22.1 Å². The van der Waals surface area contributed by atoms with Crippen LogP contribution in [0.4, 0.5) is 0 Å². The van der Waals surface area contributed by atoms with Crippen LogP contribution in [0.1, 0.15) is 20.8 Å². The number of benzene rings is 2. The predicted molar refractivity (Wildman–Crippen MR) is 90.1 cm³/mol. The Bertz CT molecular complexity index is 583. The van der Waals surface area contributed by atoms with Gasteiger partial charge in [0.25, 0.3) is 0 Å². The fourth-order valence-corrected chi connectivity index (χ4v) is 5.28. The standard InChI is InChI=1S/C18H23O2P.Cf.ClH/c1-18(2,3)17(19)14-21(20,15-10-6-4-7-11-15)16-12-8-5-9-13-16;;/h4-13,17,19H,14H2,1-3H3;;1H/p-1. The largest absolute Gasteiger partial charge is 1.00 e. The van der Waals surface area contributed by atoms with Gasteiger partial charge in [-0.1, -0.05) is 81.4 Å². The summed E-state index contributed by atoms with van der Waals surface area (Å²) in [6.07, 6.45) is -0.353. The zero-order valence-electron chi connectivity index (χ0n) is 13.6. The summed E-state index contributed by atoms with van der Waals surface area (Å²) in [5, 5.41) is 12.1. The molecule has 0 aliphatic carbocycles. The number of hydrogen-bond donors (Lipinski definition) is 1. The summed E-state index contributed by atoms with van der Waals surface area (Å²) in [4.78, 5) is 0. The average Bonchev–Trinajstić information content (AvgIpc) is 2.48. The van der Waals surface area contributed by atoms with Gasteiger partial charge in [0.05, 0.1) is 6.10 Å². The van der Waals surface area contributed by atoms with Crippen molar-refractivity contribution in [2.45, 2.75) is 26.9 Å². The Kier molecular flexibility index (Phi) is 7.25. The van der Waals surface area contributed by atoms with Crippen molar-refractivity contribution in [3.05, 3.63) is 60.7 Å². The van der Waals surface area contributed by atoms with Crippen LogP contribution in [0.2, 0.25) is 0 Å². The van der Waals surface area contributed by atoms with Crippen LogP contribution in [0.5, 0.6) is 0 Å². The first-order valence-electron chi connectivity index (χ1n) is 7.22. The van der Waals surface area contributed by atoms with E-state index >= 15 is 0 Å². The molecule has 23 heavy (non-hydrogen) atoms. The molecule has 0 heterocycles. The third kappa shape index (κ3) is 4.69. The zero-order chi connectivity index (χ0) is 15.5. The second-order valence-electron chi connectivity index (χ2n) is 6.48. The summed E-state index contributed by atoms with van der Waals surface area (Å²) in [6.45, 7) is 5.91. The number of aliphatic hydroxyl groups is 1. The molecule has 0 fully saturated rings. The summed E-state index contributed by atoms with van der Waals surface area (Å²) in [5.74, 6) is 0. The molecule has 2 aromatic carbocycles. The molecule has 2 nitrogen and oxygen atoms in total. The monoisotopic (exact) mass is 586 g/mol. The van der Waals surface area contributed by atoms with E-state index in [2.05, 4.69) is 0 Å². The van der Waals surface area contributed by atoms with E-state index in [1.165, 1.54) is 0 Å². The summed E-state index contributed by atoms with van der Waals surface area (Å²) in [6, 6.07) is 19.0. The molecular formula is C18H23CfClO2P-. The van der Waals surface area contributed by atoms with Gasteiger partial charge in [0.15, 0.2) is 0 Å². The number of aliphatic hydroxyl groups excluding tert-OH is 1. The van der Waals surface area contributed by atoms with Crippen LogP contribution in [0.15, 0.2) is 60.7 Å². The maximum absolute atomic E-state index is 13.7. The minimum absolute atomic E-state index is 0. The first-order chi connectivity index (χ1) is 9.84. The molecule has 0 saturated carbocycles. The third-order valence-corrected chi connectivity index (χ3v) is 6.90. The molecule has 0 bridgehead atoms. The van der Waals surface area contributed by atoms with Crippen LogP contribution in [0.25, 0.3) is 0 Å². The van der Waals surface area contributed by atoms with Crippen molar-refractivity contribution in [2.24, 2.45) is 5.41 Å². The van der Waals surface area contributed by atoms with Crippen molar-refractivity contribution >= 4 is 17.8 Å². The van der Waals surface area contributed by atoms with Gasteiger partial charge >= 0.3 is 0 Å². The van der Waals surface area contributed by atoms with E-state index in [1.54, 1.807) is 0 Å². The Morgan fingerprint density at radius 1 is 0.913 bits per heavy atom. The summed E-state index contributed by atoms with van der Waals surface area (Å²) in [7, 11) is -2.83. The Hall–Kier alpha value is -2.08. The maximum Gasteiger partial charge on any atom is 0.145 e. The topological polar surface area (TPSA) is 37.3 Å². The van der Waals surface area contributed by atoms with Gasteiger partial charge in [0.2, 0.25) is 0 Å². The van der Waals surface area contributed by atoms with Crippen LogP contribution >= 0.6 is 7.14 Å². The van der Waals surface area contributed by atoms with E-state index in [-0.39, 0.29) is 24.0 Å². The number of hydrogen-bond acceptors (Lipinski definition) is 2. The quantitative estimate of drug-likeness (QED) is 0.526. The SMILES string of the molecule is CC(C)(C)C(O)CP(=O)(c1ccccc1)c1ccccc1.[Cf].[Cl-]. The molecule has 0 spiro atoms. The molecule has 0 aliphatic heterocycles. The van der Waals surface area contributed by atoms with E-state index in [0.717, 1.165) is 10.6 Å². The Balaban J connectivity index is 0.00000242. The molecule has 5 heteroatoms. The Morgan fingerprint density at radius 2 is 1.26 bits per heavy atom. The van der Waals surface area contributed by atoms with Gasteiger partial charge in [-0.15, -0.1) is 0 Å². The van der Waals surface area contributed by atoms with E-state index in [0.29, 0.717) is 0 Å². The molecule has 2 rings (SSSR count). The average molecular weight is 589 g/mol. The van der Waals surface area contributed by atoms with Crippen LogP contribution in [-0.2, 0) is 4.57 Å². The van der Waals surface area contributed by atoms with E-state index in [1.807, 2.05) is 81.4 Å². The minimum atomic E-state index is -2.83. The van der Waals surface area contributed by atoms with E-state index in [4.69, 9.17) is 0 Å². The smallest absolute Gasteiger partial charge is 0.145 e. The number of halogens is 1. The fourth-order valence-electron chi connectivity index (χ4n) is 2.21. The van der Waals surface area contributed by atoms with Crippen LogP contribution < -0.4 is 23.0 Å². The van der Waals surface area contributed by atoms with Crippen LogP contribution in [0, 0.1) is 5.41 Å². The molecular weight excluding hydrogens is 566 g/mol. The van der Waals surface area contributed by atoms with Crippen molar-refractivity contribution in [3.63, 3.8) is 0 Å². The maximum atomic E-state index is 13.7. The van der Waals surface area contributed by atoms with Crippen molar-refractivity contribution < 1.29 is 22.1 Å². The fraction of sp³-hybridized carbons (Fsp3) is 0.333. The predicted octanol–water partition coefficient (Wildman–Crippen LogP) is 0.412. The summed E-state index contributed by atoms with van der Waals surface area (Å²) >= 11 is 0. The molecule has 1 unspecified atom stereocenters. The zero-order valence-corrected chi connectivity index (χ0v) is 17.8. The van der Waals surface area contributed by atoms with Gasteiger partial charge in [-0.2, -0.15) is 0 Å². The molecule has 1 N–H and O–H groups in total. The van der Waals surface area contributed by atoms with Gasteiger partial charge in [0.1, 0.15) is 7.14 Å².